The summed E-state index contributed by atoms with van der Waals surface area (Å²) in [4.78, 5) is 0. The largest absolute Gasteiger partial charge is 0.486 e. The summed E-state index contributed by atoms with van der Waals surface area (Å²) in [5.41, 5.74) is 0.129. The average Bonchev–Trinajstić information content (AvgIpc) is 2.64. The van der Waals surface area contributed by atoms with Crippen LogP contribution >= 0.6 is 11.6 Å². The molecule has 0 radical (unpaired) electrons. The van der Waals surface area contributed by atoms with E-state index < -0.39 is 22.1 Å². The van der Waals surface area contributed by atoms with E-state index in [1.807, 2.05) is 12.1 Å². The predicted octanol–water partition coefficient (Wildman–Crippen LogP) is 2.93. The van der Waals surface area contributed by atoms with Crippen molar-refractivity contribution < 1.29 is 22.3 Å². The van der Waals surface area contributed by atoms with Gasteiger partial charge in [0.25, 0.3) is 10.2 Å². The van der Waals surface area contributed by atoms with E-state index >= 15 is 0 Å². The number of hydrogen-bond acceptors (Lipinski definition) is 4. The van der Waals surface area contributed by atoms with Crippen molar-refractivity contribution in [2.24, 2.45) is 0 Å². The molecule has 27 heavy (non-hydrogen) atoms. The van der Waals surface area contributed by atoms with Crippen LogP contribution in [0.3, 0.4) is 0 Å². The van der Waals surface area contributed by atoms with Gasteiger partial charge >= 0.3 is 0 Å². The quantitative estimate of drug-likeness (QED) is 0.729. The van der Waals surface area contributed by atoms with Crippen molar-refractivity contribution in [3.63, 3.8) is 0 Å². The van der Waals surface area contributed by atoms with Gasteiger partial charge in [0, 0.05) is 31.2 Å². The Kier molecular flexibility index (Phi) is 5.90. The third-order valence-electron chi connectivity index (χ3n) is 4.26. The molecule has 0 fully saturated rings. The second-order valence-corrected chi connectivity index (χ2v) is 8.79. The number of hydrogen-bond donors (Lipinski definition) is 0. The van der Waals surface area contributed by atoms with Crippen molar-refractivity contribution in [3.8, 4) is 11.5 Å². The first kappa shape index (κ1) is 19.9. The average molecular weight is 415 g/mol. The Morgan fingerprint density at radius 3 is 2.52 bits per heavy atom. The number of benzene rings is 2. The van der Waals surface area contributed by atoms with Crippen LogP contribution in [0.1, 0.15) is 5.56 Å². The monoisotopic (exact) mass is 414 g/mol. The molecule has 0 bridgehead atoms. The normalized spacial score (nSPS) is 16.7. The van der Waals surface area contributed by atoms with Gasteiger partial charge in [0.2, 0.25) is 0 Å². The smallest absolute Gasteiger partial charge is 0.281 e. The highest BCUT2D eigenvalue weighted by Crippen LogP contribution is 2.31. The van der Waals surface area contributed by atoms with Gasteiger partial charge in [-0.25, -0.2) is 4.39 Å². The van der Waals surface area contributed by atoms with Crippen molar-refractivity contribution in [3.05, 3.63) is 58.9 Å². The molecule has 1 unspecified atom stereocenters. The van der Waals surface area contributed by atoms with Crippen LogP contribution in [0.4, 0.5) is 4.39 Å². The van der Waals surface area contributed by atoms with E-state index in [4.69, 9.17) is 21.1 Å². The summed E-state index contributed by atoms with van der Waals surface area (Å²) >= 11 is 6.00. The summed E-state index contributed by atoms with van der Waals surface area (Å²) in [6.45, 7) is 0.148. The summed E-state index contributed by atoms with van der Waals surface area (Å²) in [6, 6.07) is 11.4. The molecule has 0 aliphatic carbocycles. The third-order valence-corrected chi connectivity index (χ3v) is 6.47. The van der Waals surface area contributed by atoms with Gasteiger partial charge in [0.1, 0.15) is 18.5 Å². The zero-order valence-electron chi connectivity index (χ0n) is 14.9. The van der Waals surface area contributed by atoms with Crippen LogP contribution in [0.2, 0.25) is 5.02 Å². The van der Waals surface area contributed by atoms with Gasteiger partial charge in [0.05, 0.1) is 6.54 Å². The molecular formula is C18H20ClFN2O4S. The lowest BCUT2D eigenvalue weighted by Crippen LogP contribution is -2.46. The molecule has 0 aromatic heterocycles. The molecule has 2 aromatic rings. The molecule has 0 saturated carbocycles. The maximum Gasteiger partial charge on any atom is 0.281 e. The van der Waals surface area contributed by atoms with E-state index in [2.05, 4.69) is 0 Å². The molecule has 0 N–H and O–H groups in total. The second-order valence-electron chi connectivity index (χ2n) is 6.24. The van der Waals surface area contributed by atoms with Gasteiger partial charge < -0.3 is 9.47 Å². The molecule has 9 heteroatoms. The summed E-state index contributed by atoms with van der Waals surface area (Å²) in [6.07, 6.45) is -0.454. The van der Waals surface area contributed by atoms with Crippen LogP contribution in [-0.2, 0) is 16.8 Å². The van der Waals surface area contributed by atoms with Gasteiger partial charge in [-0.1, -0.05) is 29.8 Å². The van der Waals surface area contributed by atoms with Gasteiger partial charge in [-0.05, 0) is 24.3 Å². The van der Waals surface area contributed by atoms with E-state index in [9.17, 15) is 12.8 Å². The molecule has 6 nitrogen and oxygen atoms in total. The maximum atomic E-state index is 14.0. The van der Waals surface area contributed by atoms with E-state index in [0.717, 1.165) is 8.61 Å². The fraction of sp³-hybridized carbons (Fsp3) is 0.333. The van der Waals surface area contributed by atoms with Crippen LogP contribution in [0.15, 0.2) is 42.5 Å². The third kappa shape index (κ3) is 4.35. The van der Waals surface area contributed by atoms with Crippen LogP contribution in [0.5, 0.6) is 11.5 Å². The van der Waals surface area contributed by atoms with Gasteiger partial charge in [-0.2, -0.15) is 17.0 Å². The van der Waals surface area contributed by atoms with Crippen molar-refractivity contribution >= 4 is 21.8 Å². The summed E-state index contributed by atoms with van der Waals surface area (Å²) in [7, 11) is -1.02. The lowest BCUT2D eigenvalue weighted by Gasteiger charge is -2.31. The SMILES string of the molecule is CN(Cc1c(F)cccc1Cl)S(=O)(=O)N(C)CC1COc2ccccc2O1. The van der Waals surface area contributed by atoms with E-state index in [1.165, 1.54) is 32.3 Å². The molecule has 1 atom stereocenters. The lowest BCUT2D eigenvalue weighted by atomic mass is 10.2. The Balaban J connectivity index is 1.67. The highest BCUT2D eigenvalue weighted by molar-refractivity contribution is 7.86. The minimum Gasteiger partial charge on any atom is -0.486 e. The summed E-state index contributed by atoms with van der Waals surface area (Å²) < 4.78 is 53.1. The molecule has 2 aromatic carbocycles. The van der Waals surface area contributed by atoms with E-state index in [1.54, 1.807) is 12.1 Å². The number of likely N-dealkylation sites (N-methyl/N-ethyl adjacent to an activating group) is 1. The maximum absolute atomic E-state index is 14.0. The topological polar surface area (TPSA) is 59.1 Å². The Morgan fingerprint density at radius 2 is 1.81 bits per heavy atom. The highest BCUT2D eigenvalue weighted by Gasteiger charge is 2.30. The fourth-order valence-electron chi connectivity index (χ4n) is 2.76. The molecule has 146 valence electrons. The lowest BCUT2D eigenvalue weighted by molar-refractivity contribution is 0.0789. The van der Waals surface area contributed by atoms with Crippen LogP contribution < -0.4 is 9.47 Å². The highest BCUT2D eigenvalue weighted by atomic mass is 35.5. The Hall–Kier alpha value is -1.87. The first-order chi connectivity index (χ1) is 12.8. The van der Waals surface area contributed by atoms with E-state index in [0.29, 0.717) is 11.5 Å². The number of fused-ring (bicyclic) bond motifs is 1. The zero-order chi connectivity index (χ0) is 19.6. The van der Waals surface area contributed by atoms with Crippen LogP contribution in [0, 0.1) is 5.82 Å². The van der Waals surface area contributed by atoms with Crippen molar-refractivity contribution in [1.82, 2.24) is 8.61 Å². The van der Waals surface area contributed by atoms with Crippen molar-refractivity contribution in [2.45, 2.75) is 12.6 Å². The number of para-hydroxylation sites is 2. The van der Waals surface area contributed by atoms with Gasteiger partial charge in [-0.3, -0.25) is 0 Å². The molecule has 3 rings (SSSR count). The van der Waals surface area contributed by atoms with Crippen molar-refractivity contribution in [2.75, 3.05) is 27.2 Å². The first-order valence-corrected chi connectivity index (χ1v) is 10.1. The molecule has 0 spiro atoms. The molecular weight excluding hydrogens is 395 g/mol. The predicted molar refractivity (Wildman–Crippen MR) is 101 cm³/mol. The Labute approximate surface area is 163 Å². The minimum atomic E-state index is -3.84. The summed E-state index contributed by atoms with van der Waals surface area (Å²) in [5.74, 6) is 0.657. The molecule has 1 aliphatic heterocycles. The number of rotatable bonds is 6. The fourth-order valence-corrected chi connectivity index (χ4v) is 4.11. The van der Waals surface area contributed by atoms with Crippen molar-refractivity contribution in [1.29, 1.82) is 0 Å². The van der Waals surface area contributed by atoms with E-state index in [-0.39, 0.29) is 30.3 Å². The number of halogens is 2. The minimum absolute atomic E-state index is 0.0893. The Morgan fingerprint density at radius 1 is 1.11 bits per heavy atom. The molecule has 1 aliphatic rings. The standard InChI is InChI=1S/C18H20ClFN2O4S/c1-21(10-13-12-25-17-8-3-4-9-18(17)26-13)27(23,24)22(2)11-14-15(19)6-5-7-16(14)20/h3-9,13H,10-12H2,1-2H3. The van der Waals surface area contributed by atoms with Gasteiger partial charge in [-0.15, -0.1) is 0 Å². The molecule has 0 amide bonds. The zero-order valence-corrected chi connectivity index (χ0v) is 16.5. The Bertz CT molecular complexity index is 905. The van der Waals surface area contributed by atoms with Crippen LogP contribution in [-0.4, -0.2) is 50.4 Å². The van der Waals surface area contributed by atoms with Gasteiger partial charge in [0.15, 0.2) is 11.5 Å². The number of ether oxygens (including phenoxy) is 2. The summed E-state index contributed by atoms with van der Waals surface area (Å²) in [5, 5.41) is 0.181. The second kappa shape index (κ2) is 8.02. The molecule has 0 saturated heterocycles. The molecule has 1 heterocycles. The first-order valence-electron chi connectivity index (χ1n) is 8.28. The van der Waals surface area contributed by atoms with Crippen LogP contribution in [0.25, 0.3) is 0 Å². The number of nitrogens with zero attached hydrogens (tertiary/aromatic N) is 2.